The van der Waals surface area contributed by atoms with Crippen LogP contribution in [0.1, 0.15) is 118 Å². The zero-order valence-corrected chi connectivity index (χ0v) is 25.1. The predicted molar refractivity (Wildman–Crippen MR) is 151 cm³/mol. The number of carbonyl (C=O) groups is 4. The minimum absolute atomic E-state index is 0.0974. The van der Waals surface area contributed by atoms with Crippen LogP contribution in [-0.4, -0.2) is 63.4 Å². The third-order valence-electron chi connectivity index (χ3n) is 6.49. The minimum Gasteiger partial charge on any atom is -0.466 e. The van der Waals surface area contributed by atoms with Gasteiger partial charge >= 0.3 is 23.9 Å². The van der Waals surface area contributed by atoms with Crippen molar-refractivity contribution in [1.29, 1.82) is 0 Å². The van der Waals surface area contributed by atoms with Crippen LogP contribution in [0.25, 0.3) is 0 Å². The summed E-state index contributed by atoms with van der Waals surface area (Å²) in [4.78, 5) is 47.7. The van der Waals surface area contributed by atoms with E-state index in [0.717, 1.165) is 77.3 Å². The molecule has 0 aromatic heterocycles. The van der Waals surface area contributed by atoms with Crippen molar-refractivity contribution in [1.82, 2.24) is 5.32 Å². The summed E-state index contributed by atoms with van der Waals surface area (Å²) in [6.45, 7) is 10.4. The van der Waals surface area contributed by atoms with Gasteiger partial charge in [0.2, 0.25) is 0 Å². The zero-order valence-electron chi connectivity index (χ0n) is 25.1. The van der Waals surface area contributed by atoms with Crippen LogP contribution in [0.15, 0.2) is 0 Å². The lowest BCUT2D eigenvalue weighted by atomic mass is 9.97. The molecule has 0 saturated heterocycles. The molecule has 0 aliphatic heterocycles. The van der Waals surface area contributed by atoms with Crippen LogP contribution in [0.4, 0.5) is 0 Å². The molecule has 0 spiro atoms. The van der Waals surface area contributed by atoms with Crippen molar-refractivity contribution in [3.8, 4) is 0 Å². The fourth-order valence-corrected chi connectivity index (χ4v) is 4.44. The summed E-state index contributed by atoms with van der Waals surface area (Å²) >= 11 is 0. The van der Waals surface area contributed by atoms with E-state index in [4.69, 9.17) is 18.9 Å². The topological polar surface area (TPSA) is 117 Å². The highest BCUT2D eigenvalue weighted by atomic mass is 16.5. The van der Waals surface area contributed by atoms with Crippen LogP contribution in [0, 0.1) is 11.8 Å². The van der Waals surface area contributed by atoms with E-state index in [0.29, 0.717) is 39.3 Å². The Morgan fingerprint density at radius 2 is 0.821 bits per heavy atom. The number of unbranched alkanes of at least 4 members (excludes halogenated alkanes) is 8. The van der Waals surface area contributed by atoms with E-state index < -0.39 is 11.8 Å². The first kappa shape index (κ1) is 36.8. The van der Waals surface area contributed by atoms with Crippen molar-refractivity contribution in [2.45, 2.75) is 118 Å². The van der Waals surface area contributed by atoms with Crippen LogP contribution in [0.2, 0.25) is 0 Å². The molecule has 2 atom stereocenters. The fraction of sp³-hybridized carbons (Fsp3) is 0.867. The molecule has 0 heterocycles. The second-order valence-corrected chi connectivity index (χ2v) is 9.78. The van der Waals surface area contributed by atoms with Gasteiger partial charge in [-0.05, 0) is 66.5 Å². The maximum Gasteiger partial charge on any atom is 0.309 e. The van der Waals surface area contributed by atoms with Crippen molar-refractivity contribution >= 4 is 23.9 Å². The molecule has 0 amide bonds. The van der Waals surface area contributed by atoms with E-state index in [2.05, 4.69) is 5.32 Å². The van der Waals surface area contributed by atoms with Gasteiger partial charge in [-0.15, -0.1) is 0 Å². The van der Waals surface area contributed by atoms with Crippen LogP contribution in [-0.2, 0) is 38.1 Å². The molecular formula is C30H55NO8. The van der Waals surface area contributed by atoms with Gasteiger partial charge in [-0.3, -0.25) is 19.2 Å². The Kier molecular flexibility index (Phi) is 24.6. The lowest BCUT2D eigenvalue weighted by Gasteiger charge is -2.14. The summed E-state index contributed by atoms with van der Waals surface area (Å²) < 4.78 is 20.2. The molecule has 0 aliphatic carbocycles. The molecule has 1 N–H and O–H groups in total. The smallest absolute Gasteiger partial charge is 0.309 e. The average Bonchev–Trinajstić information content (AvgIpc) is 2.90. The Morgan fingerprint density at radius 3 is 1.18 bits per heavy atom. The van der Waals surface area contributed by atoms with Gasteiger partial charge in [0.25, 0.3) is 0 Å². The third-order valence-corrected chi connectivity index (χ3v) is 6.49. The first-order valence-electron chi connectivity index (χ1n) is 15.2. The molecule has 0 aromatic rings. The van der Waals surface area contributed by atoms with Gasteiger partial charge in [0, 0.05) is 0 Å². The summed E-state index contributed by atoms with van der Waals surface area (Å²) in [7, 11) is 0. The third kappa shape index (κ3) is 21.4. The molecular weight excluding hydrogens is 502 g/mol. The number of hydrogen-bond donors (Lipinski definition) is 1. The Hall–Kier alpha value is -2.16. The predicted octanol–water partition coefficient (Wildman–Crippen LogP) is 5.52. The molecule has 0 saturated carbocycles. The summed E-state index contributed by atoms with van der Waals surface area (Å²) in [6, 6.07) is 0. The van der Waals surface area contributed by atoms with Crippen molar-refractivity contribution < 1.29 is 38.1 Å². The summed E-state index contributed by atoms with van der Waals surface area (Å²) in [6.07, 6.45) is 12.1. The van der Waals surface area contributed by atoms with Crippen LogP contribution in [0.3, 0.4) is 0 Å². The number of ether oxygens (including phenoxy) is 4. The molecule has 0 fully saturated rings. The summed E-state index contributed by atoms with van der Waals surface area (Å²) in [5, 5.41) is 3.50. The van der Waals surface area contributed by atoms with Crippen LogP contribution < -0.4 is 5.32 Å². The van der Waals surface area contributed by atoms with Gasteiger partial charge in [0.05, 0.1) is 51.1 Å². The molecule has 0 aromatic carbocycles. The molecule has 0 rings (SSSR count). The first-order chi connectivity index (χ1) is 18.9. The normalized spacial score (nSPS) is 12.4. The van der Waals surface area contributed by atoms with Gasteiger partial charge in [-0.1, -0.05) is 51.4 Å². The van der Waals surface area contributed by atoms with Crippen molar-refractivity contribution in [3.63, 3.8) is 0 Å². The fourth-order valence-electron chi connectivity index (χ4n) is 4.44. The highest BCUT2D eigenvalue weighted by molar-refractivity contribution is 5.80. The van der Waals surface area contributed by atoms with E-state index in [9.17, 15) is 19.2 Å². The number of esters is 4. The highest BCUT2D eigenvalue weighted by Gasteiger charge is 2.24. The Balaban J connectivity index is 3.79. The Morgan fingerprint density at radius 1 is 0.487 bits per heavy atom. The van der Waals surface area contributed by atoms with Crippen LogP contribution >= 0.6 is 0 Å². The standard InChI is InChI=1S/C30H55NO8/c1-5-36-27(32)23-25(29(34)38-7-3)19-15-11-9-13-17-21-31-22-18-14-10-12-16-20-26(30(35)39-8-4)24-28(33)37-6-2/h25-26,31H,5-24H2,1-4H3. The maximum absolute atomic E-state index is 12.1. The maximum atomic E-state index is 12.1. The first-order valence-corrected chi connectivity index (χ1v) is 15.2. The summed E-state index contributed by atoms with van der Waals surface area (Å²) in [5.74, 6) is -2.09. The lowest BCUT2D eigenvalue weighted by molar-refractivity contribution is -0.155. The SMILES string of the molecule is CCOC(=O)CC(CCCCCCCNCCCCCCCC(CC(=O)OCC)C(=O)OCC)C(=O)OCC. The quantitative estimate of drug-likeness (QED) is 0.0833. The Bertz CT molecular complexity index is 601. The monoisotopic (exact) mass is 557 g/mol. The molecule has 2 unspecified atom stereocenters. The van der Waals surface area contributed by atoms with Crippen molar-refractivity contribution in [2.24, 2.45) is 11.8 Å². The highest BCUT2D eigenvalue weighted by Crippen LogP contribution is 2.19. The van der Waals surface area contributed by atoms with Gasteiger partial charge in [0.1, 0.15) is 0 Å². The molecule has 0 radical (unpaired) electrons. The second-order valence-electron chi connectivity index (χ2n) is 9.78. The van der Waals surface area contributed by atoms with E-state index in [1.165, 1.54) is 0 Å². The zero-order chi connectivity index (χ0) is 29.1. The van der Waals surface area contributed by atoms with Gasteiger partial charge in [-0.25, -0.2) is 0 Å². The minimum atomic E-state index is -0.408. The molecule has 228 valence electrons. The average molecular weight is 558 g/mol. The van der Waals surface area contributed by atoms with Crippen molar-refractivity contribution in [2.75, 3.05) is 39.5 Å². The number of rotatable bonds is 26. The van der Waals surface area contributed by atoms with E-state index in [1.807, 2.05) is 0 Å². The van der Waals surface area contributed by atoms with Crippen molar-refractivity contribution in [3.05, 3.63) is 0 Å². The van der Waals surface area contributed by atoms with E-state index >= 15 is 0 Å². The molecule has 0 bridgehead atoms. The number of nitrogens with one attached hydrogen (secondary N) is 1. The van der Waals surface area contributed by atoms with Gasteiger partial charge in [-0.2, -0.15) is 0 Å². The van der Waals surface area contributed by atoms with E-state index in [1.54, 1.807) is 27.7 Å². The largest absolute Gasteiger partial charge is 0.466 e. The number of carbonyl (C=O) groups excluding carboxylic acids is 4. The lowest BCUT2D eigenvalue weighted by Crippen LogP contribution is -2.22. The Labute approximate surface area is 236 Å². The van der Waals surface area contributed by atoms with E-state index in [-0.39, 0.29) is 36.7 Å². The molecule has 9 nitrogen and oxygen atoms in total. The molecule has 39 heavy (non-hydrogen) atoms. The molecule has 0 aliphatic rings. The van der Waals surface area contributed by atoms with Gasteiger partial charge < -0.3 is 24.3 Å². The van der Waals surface area contributed by atoms with Crippen LogP contribution in [0.5, 0.6) is 0 Å². The number of hydrogen-bond acceptors (Lipinski definition) is 9. The molecule has 9 heteroatoms. The second kappa shape index (κ2) is 26.1. The van der Waals surface area contributed by atoms with Gasteiger partial charge in [0.15, 0.2) is 0 Å². The summed E-state index contributed by atoms with van der Waals surface area (Å²) in [5.41, 5.74) is 0.